The maximum Gasteiger partial charge on any atom is 0.241 e. The third-order valence-electron chi connectivity index (χ3n) is 2.61. The van der Waals surface area contributed by atoms with Crippen molar-refractivity contribution >= 4 is 12.0 Å². The van der Waals surface area contributed by atoms with E-state index in [1.54, 1.807) is 6.08 Å². The van der Waals surface area contributed by atoms with E-state index in [-0.39, 0.29) is 6.10 Å². The lowest BCUT2D eigenvalue weighted by Crippen LogP contribution is -2.11. The minimum Gasteiger partial charge on any atom is -0.490 e. The molecule has 0 aliphatic carbocycles. The maximum atomic E-state index is 10.7. The summed E-state index contributed by atoms with van der Waals surface area (Å²) >= 11 is 0. The summed E-state index contributed by atoms with van der Waals surface area (Å²) in [5.41, 5.74) is 5.92. The normalized spacial score (nSPS) is 12.4. The minimum absolute atomic E-state index is 0.131. The van der Waals surface area contributed by atoms with Crippen molar-refractivity contribution in [2.75, 3.05) is 6.61 Å². The van der Waals surface area contributed by atoms with Crippen LogP contribution in [0.5, 0.6) is 11.5 Å². The van der Waals surface area contributed by atoms with E-state index >= 15 is 0 Å². The lowest BCUT2D eigenvalue weighted by Gasteiger charge is -2.16. The van der Waals surface area contributed by atoms with E-state index < -0.39 is 5.91 Å². The second-order valence-corrected chi connectivity index (χ2v) is 4.21. The first-order chi connectivity index (χ1) is 9.06. The molecule has 1 atom stereocenters. The molecule has 1 aromatic rings. The number of hydrogen-bond acceptors (Lipinski definition) is 3. The highest BCUT2D eigenvalue weighted by atomic mass is 16.5. The van der Waals surface area contributed by atoms with Crippen molar-refractivity contribution in [3.05, 3.63) is 29.8 Å². The van der Waals surface area contributed by atoms with Gasteiger partial charge in [-0.2, -0.15) is 0 Å². The Kier molecular flexibility index (Phi) is 5.93. The van der Waals surface area contributed by atoms with E-state index in [4.69, 9.17) is 15.2 Å². The number of rotatable bonds is 7. The molecule has 0 aliphatic rings. The Hall–Kier alpha value is -1.97. The van der Waals surface area contributed by atoms with Gasteiger partial charge in [0.15, 0.2) is 11.5 Å². The number of ether oxygens (including phenoxy) is 2. The number of benzene rings is 1. The monoisotopic (exact) mass is 263 g/mol. The molecule has 0 aliphatic heterocycles. The molecule has 4 nitrogen and oxygen atoms in total. The van der Waals surface area contributed by atoms with Crippen molar-refractivity contribution in [2.45, 2.75) is 33.3 Å². The first kappa shape index (κ1) is 15.1. The fourth-order valence-corrected chi connectivity index (χ4v) is 1.47. The van der Waals surface area contributed by atoms with E-state index in [2.05, 4.69) is 6.92 Å². The fraction of sp³-hybridized carbons (Fsp3) is 0.400. The van der Waals surface area contributed by atoms with Gasteiger partial charge in [0, 0.05) is 6.08 Å². The van der Waals surface area contributed by atoms with Crippen molar-refractivity contribution in [3.8, 4) is 11.5 Å². The van der Waals surface area contributed by atoms with Crippen LogP contribution >= 0.6 is 0 Å². The van der Waals surface area contributed by atoms with Gasteiger partial charge in [0.1, 0.15) is 0 Å². The Labute approximate surface area is 114 Å². The van der Waals surface area contributed by atoms with Gasteiger partial charge in [-0.15, -0.1) is 0 Å². The summed E-state index contributed by atoms with van der Waals surface area (Å²) in [5.74, 6) is 0.916. The molecule has 0 saturated heterocycles. The molecule has 0 spiro atoms. The molecule has 0 bridgehead atoms. The predicted molar refractivity (Wildman–Crippen MR) is 76.2 cm³/mol. The zero-order chi connectivity index (χ0) is 14.3. The fourth-order valence-electron chi connectivity index (χ4n) is 1.47. The van der Waals surface area contributed by atoms with E-state index in [9.17, 15) is 4.79 Å². The zero-order valence-corrected chi connectivity index (χ0v) is 11.7. The molecule has 0 fully saturated rings. The molecule has 0 saturated carbocycles. The lowest BCUT2D eigenvalue weighted by molar-refractivity contribution is -0.113. The van der Waals surface area contributed by atoms with Crippen LogP contribution in [0.1, 0.15) is 32.8 Å². The van der Waals surface area contributed by atoms with E-state index in [0.29, 0.717) is 18.1 Å². The molecular weight excluding hydrogens is 242 g/mol. The summed E-state index contributed by atoms with van der Waals surface area (Å²) in [6.45, 7) is 6.55. The van der Waals surface area contributed by atoms with Gasteiger partial charge in [0.05, 0.1) is 12.7 Å². The summed E-state index contributed by atoms with van der Waals surface area (Å²) in [7, 11) is 0. The molecular formula is C15H21NO3. The van der Waals surface area contributed by atoms with E-state index in [1.807, 2.05) is 32.0 Å². The number of nitrogens with two attached hydrogens (primary N) is 1. The first-order valence-electron chi connectivity index (χ1n) is 6.47. The lowest BCUT2D eigenvalue weighted by atomic mass is 10.2. The van der Waals surface area contributed by atoms with Crippen LogP contribution in [-0.2, 0) is 4.79 Å². The summed E-state index contributed by atoms with van der Waals surface area (Å²) in [6.07, 6.45) is 4.03. The second-order valence-electron chi connectivity index (χ2n) is 4.21. The number of amides is 1. The van der Waals surface area contributed by atoms with Crippen molar-refractivity contribution < 1.29 is 14.3 Å². The number of carbonyl (C=O) groups excluding carboxylic acids is 1. The Morgan fingerprint density at radius 2 is 2.11 bits per heavy atom. The summed E-state index contributed by atoms with van der Waals surface area (Å²) in [6, 6.07) is 5.54. The van der Waals surface area contributed by atoms with Crippen LogP contribution in [0.4, 0.5) is 0 Å². The molecule has 1 amide bonds. The van der Waals surface area contributed by atoms with Crippen LogP contribution in [0, 0.1) is 0 Å². The van der Waals surface area contributed by atoms with E-state index in [1.165, 1.54) is 6.08 Å². The SMILES string of the molecule is CCOc1cc(/C=C\C(N)=O)ccc1O[C@@H](C)CC. The third kappa shape index (κ3) is 5.04. The highest BCUT2D eigenvalue weighted by molar-refractivity contribution is 5.90. The maximum absolute atomic E-state index is 10.7. The summed E-state index contributed by atoms with van der Waals surface area (Å²) in [4.78, 5) is 10.7. The van der Waals surface area contributed by atoms with Crippen LogP contribution in [-0.4, -0.2) is 18.6 Å². The van der Waals surface area contributed by atoms with Gasteiger partial charge in [0.25, 0.3) is 0 Å². The molecule has 0 unspecified atom stereocenters. The molecule has 0 aromatic heterocycles. The smallest absolute Gasteiger partial charge is 0.241 e. The quantitative estimate of drug-likeness (QED) is 0.769. The van der Waals surface area contributed by atoms with Gasteiger partial charge in [-0.3, -0.25) is 4.79 Å². The van der Waals surface area contributed by atoms with Crippen molar-refractivity contribution in [1.82, 2.24) is 0 Å². The average molecular weight is 263 g/mol. The van der Waals surface area contributed by atoms with Crippen molar-refractivity contribution in [1.29, 1.82) is 0 Å². The van der Waals surface area contributed by atoms with Gasteiger partial charge < -0.3 is 15.2 Å². The van der Waals surface area contributed by atoms with Gasteiger partial charge in [0.2, 0.25) is 5.91 Å². The number of hydrogen-bond donors (Lipinski definition) is 1. The van der Waals surface area contributed by atoms with Gasteiger partial charge in [-0.05, 0) is 44.0 Å². The topological polar surface area (TPSA) is 61.5 Å². The minimum atomic E-state index is -0.474. The van der Waals surface area contributed by atoms with Crippen LogP contribution in [0.25, 0.3) is 6.08 Å². The van der Waals surface area contributed by atoms with Crippen molar-refractivity contribution in [2.24, 2.45) is 5.73 Å². The van der Waals surface area contributed by atoms with Crippen LogP contribution < -0.4 is 15.2 Å². The van der Waals surface area contributed by atoms with E-state index in [0.717, 1.165) is 12.0 Å². The standard InChI is InChI=1S/C15H21NO3/c1-4-11(3)19-13-8-6-12(7-9-15(16)17)10-14(13)18-5-2/h6-11H,4-5H2,1-3H3,(H2,16,17)/b9-7-/t11-/m0/s1. The molecule has 0 radical (unpaired) electrons. The molecule has 1 aromatic carbocycles. The molecule has 104 valence electrons. The van der Waals surface area contributed by atoms with Crippen molar-refractivity contribution in [3.63, 3.8) is 0 Å². The summed E-state index contributed by atoms with van der Waals surface area (Å²) in [5, 5.41) is 0. The molecule has 1 rings (SSSR count). The Bertz CT molecular complexity index is 455. The number of carbonyl (C=O) groups is 1. The van der Waals surface area contributed by atoms with Gasteiger partial charge in [-0.25, -0.2) is 0 Å². The molecule has 19 heavy (non-hydrogen) atoms. The molecule has 0 heterocycles. The van der Waals surface area contributed by atoms with Crippen LogP contribution in [0.2, 0.25) is 0 Å². The first-order valence-corrected chi connectivity index (χ1v) is 6.47. The number of primary amides is 1. The Balaban J connectivity index is 2.96. The van der Waals surface area contributed by atoms with Gasteiger partial charge in [-0.1, -0.05) is 13.0 Å². The predicted octanol–water partition coefficient (Wildman–Crippen LogP) is 2.76. The summed E-state index contributed by atoms with van der Waals surface area (Å²) < 4.78 is 11.3. The van der Waals surface area contributed by atoms with Crippen LogP contribution in [0.3, 0.4) is 0 Å². The Morgan fingerprint density at radius 1 is 1.37 bits per heavy atom. The molecule has 2 N–H and O–H groups in total. The highest BCUT2D eigenvalue weighted by Gasteiger charge is 2.08. The zero-order valence-electron chi connectivity index (χ0n) is 11.7. The Morgan fingerprint density at radius 3 is 2.68 bits per heavy atom. The van der Waals surface area contributed by atoms with Crippen LogP contribution in [0.15, 0.2) is 24.3 Å². The van der Waals surface area contributed by atoms with Gasteiger partial charge >= 0.3 is 0 Å². The average Bonchev–Trinajstić information content (AvgIpc) is 2.39. The highest BCUT2D eigenvalue weighted by Crippen LogP contribution is 2.30. The molecule has 4 heteroatoms. The largest absolute Gasteiger partial charge is 0.490 e. The second kappa shape index (κ2) is 7.46. The third-order valence-corrected chi connectivity index (χ3v) is 2.61.